The molecule has 0 bridgehead atoms. The lowest BCUT2D eigenvalue weighted by atomic mass is 9.98. The van der Waals surface area contributed by atoms with Gasteiger partial charge in [-0.05, 0) is 37.1 Å². The van der Waals surface area contributed by atoms with Gasteiger partial charge in [-0.15, -0.1) is 0 Å². The van der Waals surface area contributed by atoms with Crippen molar-refractivity contribution < 1.29 is 23.2 Å². The van der Waals surface area contributed by atoms with Gasteiger partial charge in [-0.1, -0.05) is 11.6 Å². The minimum Gasteiger partial charge on any atom is -0.381 e. The summed E-state index contributed by atoms with van der Waals surface area (Å²) in [5.41, 5.74) is 2.75. The molecule has 0 atom stereocenters. The van der Waals surface area contributed by atoms with E-state index in [4.69, 9.17) is 16.3 Å². The van der Waals surface area contributed by atoms with Crippen LogP contribution < -0.4 is 10.4 Å². The Kier molecular flexibility index (Phi) is 7.28. The fraction of sp³-hybridized carbons (Fsp3) is 0.667. The van der Waals surface area contributed by atoms with Crippen molar-refractivity contribution in [3.63, 3.8) is 0 Å². The molecule has 0 radical (unpaired) electrons. The number of benzene rings is 1. The second kappa shape index (κ2) is 9.82. The Bertz CT molecular complexity index is 891. The van der Waals surface area contributed by atoms with Crippen LogP contribution in [0, 0.1) is 0 Å². The van der Waals surface area contributed by atoms with Crippen molar-refractivity contribution in [2.24, 2.45) is 0 Å². The number of hydrogen-bond donors (Lipinski definition) is 2. The van der Waals surface area contributed by atoms with Crippen LogP contribution in [0.1, 0.15) is 25.7 Å². The van der Waals surface area contributed by atoms with Gasteiger partial charge >= 0.3 is 0 Å². The van der Waals surface area contributed by atoms with Crippen LogP contribution in [-0.4, -0.2) is 92.0 Å². The summed E-state index contributed by atoms with van der Waals surface area (Å²) in [5.74, 6) is -0.860. The third-order valence-electron chi connectivity index (χ3n) is 7.10. The number of carbonyl (C=O) groups is 1. The summed E-state index contributed by atoms with van der Waals surface area (Å²) >= 11 is 5.99. The first kappa shape index (κ1) is 23.7. The molecule has 3 aliphatic rings. The molecular weight excluding hydrogens is 456 g/mol. The minimum absolute atomic E-state index is 0.0499. The molecule has 1 aromatic carbocycles. The highest BCUT2D eigenvalue weighted by Gasteiger charge is 2.54. The first-order valence-corrected chi connectivity index (χ1v) is 13.0. The van der Waals surface area contributed by atoms with E-state index in [2.05, 4.69) is 9.80 Å². The molecule has 0 unspecified atom stereocenters. The van der Waals surface area contributed by atoms with Gasteiger partial charge in [0.15, 0.2) is 4.75 Å². The number of nitrogens with one attached hydrogen (secondary N) is 1. The van der Waals surface area contributed by atoms with Crippen molar-refractivity contribution in [3.8, 4) is 0 Å². The van der Waals surface area contributed by atoms with Gasteiger partial charge in [0.1, 0.15) is 0 Å². The summed E-state index contributed by atoms with van der Waals surface area (Å²) in [6, 6.07) is 8.21. The third kappa shape index (κ3) is 4.49. The number of piperazine rings is 1. The van der Waals surface area contributed by atoms with Gasteiger partial charge < -0.3 is 9.64 Å². The van der Waals surface area contributed by atoms with Crippen LogP contribution in [0.3, 0.4) is 0 Å². The smallest absolute Gasteiger partial charge is 0.266 e. The molecule has 3 aliphatic heterocycles. The van der Waals surface area contributed by atoms with Gasteiger partial charge in [-0.3, -0.25) is 14.9 Å². The molecular formula is C21H31ClN4O5S. The van der Waals surface area contributed by atoms with E-state index in [9.17, 15) is 18.4 Å². The lowest BCUT2D eigenvalue weighted by Crippen LogP contribution is -2.61. The summed E-state index contributed by atoms with van der Waals surface area (Å²) in [6.07, 6.45) is 1.56. The number of hydrogen-bond acceptors (Lipinski definition) is 7. The van der Waals surface area contributed by atoms with Crippen molar-refractivity contribution in [3.05, 3.63) is 29.3 Å². The maximum absolute atomic E-state index is 13.4. The summed E-state index contributed by atoms with van der Waals surface area (Å²) in [4.78, 5) is 17.2. The molecule has 4 rings (SSSR count). The first-order valence-electron chi connectivity index (χ1n) is 11.1. The second-order valence-electron chi connectivity index (χ2n) is 8.68. The fourth-order valence-electron chi connectivity index (χ4n) is 5.10. The van der Waals surface area contributed by atoms with Crippen molar-refractivity contribution >= 4 is 33.2 Å². The van der Waals surface area contributed by atoms with E-state index in [-0.39, 0.29) is 26.1 Å². The lowest BCUT2D eigenvalue weighted by molar-refractivity contribution is -0.134. The van der Waals surface area contributed by atoms with E-state index >= 15 is 0 Å². The molecule has 11 heteroatoms. The van der Waals surface area contributed by atoms with Crippen LogP contribution in [-0.2, 0) is 19.6 Å². The summed E-state index contributed by atoms with van der Waals surface area (Å²) in [5, 5.41) is 9.93. The van der Waals surface area contributed by atoms with Crippen LogP contribution >= 0.6 is 11.6 Å². The van der Waals surface area contributed by atoms with Gasteiger partial charge in [0.2, 0.25) is 10.0 Å². The maximum atomic E-state index is 13.4. The normalized spacial score (nSPS) is 23.8. The van der Waals surface area contributed by atoms with Crippen molar-refractivity contribution in [1.29, 1.82) is 0 Å². The van der Waals surface area contributed by atoms with Crippen LogP contribution in [0.2, 0.25) is 5.02 Å². The fourth-order valence-corrected chi connectivity index (χ4v) is 7.37. The largest absolute Gasteiger partial charge is 0.381 e. The molecule has 3 fully saturated rings. The number of rotatable bonds is 5. The number of sulfonamides is 1. The molecule has 1 aromatic rings. The Morgan fingerprint density at radius 2 is 1.62 bits per heavy atom. The second-order valence-corrected chi connectivity index (χ2v) is 11.4. The molecule has 1 amide bonds. The first-order chi connectivity index (χ1) is 15.4. The van der Waals surface area contributed by atoms with E-state index in [0.29, 0.717) is 19.1 Å². The highest BCUT2D eigenvalue weighted by molar-refractivity contribution is 7.91. The number of carbonyl (C=O) groups excluding carboxylic acids is 1. The van der Waals surface area contributed by atoms with Crippen LogP contribution in [0.25, 0.3) is 0 Å². The summed E-state index contributed by atoms with van der Waals surface area (Å²) in [6.45, 7) is 4.81. The predicted octanol–water partition coefficient (Wildman–Crippen LogP) is 1.31. The monoisotopic (exact) mass is 486 g/mol. The zero-order valence-corrected chi connectivity index (χ0v) is 19.7. The number of amides is 1. The van der Waals surface area contributed by atoms with Crippen molar-refractivity contribution in [2.45, 2.75) is 36.5 Å². The molecule has 0 aliphatic carbocycles. The molecule has 178 valence electrons. The van der Waals surface area contributed by atoms with Crippen molar-refractivity contribution in [1.82, 2.24) is 14.7 Å². The average Bonchev–Trinajstić information content (AvgIpc) is 2.84. The predicted molar refractivity (Wildman–Crippen MR) is 121 cm³/mol. The highest BCUT2D eigenvalue weighted by Crippen LogP contribution is 2.35. The lowest BCUT2D eigenvalue weighted by Gasteiger charge is -2.45. The highest BCUT2D eigenvalue weighted by atomic mass is 35.5. The molecule has 32 heavy (non-hydrogen) atoms. The van der Waals surface area contributed by atoms with Gasteiger partial charge in [-0.25, -0.2) is 18.2 Å². The molecule has 0 spiro atoms. The molecule has 3 saturated heterocycles. The van der Waals surface area contributed by atoms with Gasteiger partial charge in [-0.2, -0.15) is 0 Å². The number of halogens is 1. The SMILES string of the molecule is O=C(NO)C1(S(=O)(=O)N2CCC(N3CCN(c4ccc(Cl)cc4)CC3)CC2)CCOCC1. The number of piperidine rings is 1. The molecule has 2 N–H and O–H groups in total. The van der Waals surface area contributed by atoms with Crippen LogP contribution in [0.15, 0.2) is 24.3 Å². The topological polar surface area (TPSA) is 102 Å². The zero-order chi connectivity index (χ0) is 22.8. The van der Waals surface area contributed by atoms with E-state index in [1.54, 1.807) is 5.48 Å². The summed E-state index contributed by atoms with van der Waals surface area (Å²) in [7, 11) is -3.92. The van der Waals surface area contributed by atoms with E-state index in [1.165, 1.54) is 9.99 Å². The van der Waals surface area contributed by atoms with E-state index in [1.807, 2.05) is 24.3 Å². The Balaban J connectivity index is 1.35. The molecule has 9 nitrogen and oxygen atoms in total. The number of ether oxygens (including phenoxy) is 1. The minimum atomic E-state index is -3.92. The molecule has 0 saturated carbocycles. The standard InChI is InChI=1S/C21H31ClN4O5S/c22-17-1-3-18(4-2-17)24-11-13-25(14-12-24)19-5-9-26(10-6-19)32(29,30)21(20(27)23-28)7-15-31-16-8-21/h1-4,19,28H,5-16H2,(H,23,27). The zero-order valence-electron chi connectivity index (χ0n) is 18.1. The maximum Gasteiger partial charge on any atom is 0.266 e. The molecule has 3 heterocycles. The number of hydroxylamine groups is 1. The summed E-state index contributed by atoms with van der Waals surface area (Å²) < 4.78 is 31.9. The van der Waals surface area contributed by atoms with Gasteiger partial charge in [0.25, 0.3) is 5.91 Å². The Labute approximate surface area is 194 Å². The van der Waals surface area contributed by atoms with Gasteiger partial charge in [0.05, 0.1) is 0 Å². The quantitative estimate of drug-likeness (QED) is 0.478. The van der Waals surface area contributed by atoms with E-state index < -0.39 is 20.7 Å². The number of nitrogens with zero attached hydrogens (tertiary/aromatic N) is 3. The van der Waals surface area contributed by atoms with E-state index in [0.717, 1.165) is 44.0 Å². The average molecular weight is 487 g/mol. The Hall–Kier alpha value is -1.43. The van der Waals surface area contributed by atoms with Crippen molar-refractivity contribution in [2.75, 3.05) is 57.4 Å². The van der Waals surface area contributed by atoms with Crippen LogP contribution in [0.5, 0.6) is 0 Å². The van der Waals surface area contributed by atoms with Crippen LogP contribution in [0.4, 0.5) is 5.69 Å². The van der Waals surface area contributed by atoms with Gasteiger partial charge in [0, 0.05) is 82.1 Å². The Morgan fingerprint density at radius 3 is 2.19 bits per heavy atom. The Morgan fingerprint density at radius 1 is 1.03 bits per heavy atom. The number of anilines is 1. The third-order valence-corrected chi connectivity index (χ3v) is 9.97. The molecule has 0 aromatic heterocycles.